The maximum absolute atomic E-state index is 14.1. The van der Waals surface area contributed by atoms with Gasteiger partial charge >= 0.3 is 0 Å². The van der Waals surface area contributed by atoms with Gasteiger partial charge in [-0.25, -0.2) is 0 Å². The van der Waals surface area contributed by atoms with Crippen LogP contribution >= 0.6 is 0 Å². The number of rotatable bonds is 4. The summed E-state index contributed by atoms with van der Waals surface area (Å²) in [5.74, 6) is -0.418. The fourth-order valence-corrected chi connectivity index (χ4v) is 6.76. The lowest BCUT2D eigenvalue weighted by atomic mass is 10.0. The molecule has 8 heteroatoms. The fraction of sp³-hybridized carbons (Fsp3) is 0.0909. The van der Waals surface area contributed by atoms with Gasteiger partial charge in [0, 0.05) is 28.4 Å². The molecule has 0 spiro atoms. The maximum Gasteiger partial charge on any atom is 0.283 e. The van der Waals surface area contributed by atoms with Crippen LogP contribution in [0, 0.1) is 6.92 Å². The van der Waals surface area contributed by atoms with Crippen molar-refractivity contribution >= 4 is 43.3 Å². The van der Waals surface area contributed by atoms with Gasteiger partial charge in [-0.05, 0) is 42.8 Å². The molecular weight excluding hydrogens is 534 g/mol. The van der Waals surface area contributed by atoms with Gasteiger partial charge in [0.2, 0.25) is 5.78 Å². The van der Waals surface area contributed by atoms with Gasteiger partial charge in [-0.1, -0.05) is 78.4 Å². The van der Waals surface area contributed by atoms with Crippen molar-refractivity contribution < 1.29 is 18.3 Å². The predicted octanol–water partition coefficient (Wildman–Crippen LogP) is 6.09. The van der Waals surface area contributed by atoms with Crippen LogP contribution < -0.4 is 0 Å². The highest BCUT2D eigenvalue weighted by Gasteiger charge is 2.36. The predicted molar refractivity (Wildman–Crippen MR) is 160 cm³/mol. The summed E-state index contributed by atoms with van der Waals surface area (Å²) in [5, 5.41) is 13.0. The zero-order chi connectivity index (χ0) is 28.3. The number of fused-ring (bicyclic) bond motifs is 7. The molecule has 0 radical (unpaired) electrons. The number of Topliss-reactive ketones (excluding diaryl/α,β-unsaturated/α-hetero) is 1. The zero-order valence-electron chi connectivity index (χ0n) is 22.2. The van der Waals surface area contributed by atoms with Gasteiger partial charge in [0.25, 0.3) is 10.0 Å². The van der Waals surface area contributed by atoms with Crippen LogP contribution in [0.2, 0.25) is 0 Å². The fourth-order valence-electron chi connectivity index (χ4n) is 5.75. The molecule has 0 saturated heterocycles. The van der Waals surface area contributed by atoms with Crippen LogP contribution in [0.1, 0.15) is 16.8 Å². The highest BCUT2D eigenvalue weighted by molar-refractivity contribution is 7.90. The number of hydrogen-bond acceptors (Lipinski definition) is 4. The van der Waals surface area contributed by atoms with E-state index in [0.29, 0.717) is 34.4 Å². The van der Waals surface area contributed by atoms with E-state index in [2.05, 4.69) is 4.40 Å². The molecule has 1 N–H and O–H groups in total. The Balaban J connectivity index is 1.60. The third-order valence-corrected chi connectivity index (χ3v) is 8.95. The van der Waals surface area contributed by atoms with Crippen LogP contribution in [0.25, 0.3) is 33.1 Å². The summed E-state index contributed by atoms with van der Waals surface area (Å²) >= 11 is 0. The smallest absolute Gasteiger partial charge is 0.283 e. The monoisotopic (exact) mass is 559 g/mol. The average molecular weight is 560 g/mol. The molecule has 6 aromatic rings. The molecule has 0 fully saturated rings. The lowest BCUT2D eigenvalue weighted by Gasteiger charge is -2.13. The Kier molecular flexibility index (Phi) is 5.69. The van der Waals surface area contributed by atoms with E-state index in [1.807, 2.05) is 90.4 Å². The lowest BCUT2D eigenvalue weighted by Crippen LogP contribution is -2.24. The molecule has 1 aliphatic heterocycles. The van der Waals surface area contributed by atoms with Gasteiger partial charge in [-0.3, -0.25) is 4.79 Å². The molecule has 0 unspecified atom stereocenters. The maximum atomic E-state index is 14.1. The molecule has 41 heavy (non-hydrogen) atoms. The summed E-state index contributed by atoms with van der Waals surface area (Å²) in [6.45, 7) is 2.07. The Labute approximate surface area is 236 Å². The van der Waals surface area contributed by atoms with Gasteiger partial charge in [0.15, 0.2) is 0 Å². The molecule has 0 saturated carbocycles. The number of carbonyl (C=O) groups excluding carboxylic acids is 1. The molecule has 0 amide bonds. The number of sulfonamides is 1. The number of benzene rings is 4. The van der Waals surface area contributed by atoms with E-state index in [0.717, 1.165) is 22.0 Å². The first-order chi connectivity index (χ1) is 19.8. The van der Waals surface area contributed by atoms with Crippen molar-refractivity contribution in [3.8, 4) is 17.0 Å². The Hall–Kier alpha value is -4.95. The molecule has 7 rings (SSSR count). The minimum Gasteiger partial charge on any atom is -0.505 e. The normalized spacial score (nSPS) is 14.4. The number of aryl methyl sites for hydroxylation is 1. The van der Waals surface area contributed by atoms with Crippen LogP contribution in [-0.4, -0.2) is 34.2 Å². The number of nitrogens with zero attached hydrogens (tertiary/aromatic N) is 3. The highest BCUT2D eigenvalue weighted by atomic mass is 32.2. The van der Waals surface area contributed by atoms with E-state index in [4.69, 9.17) is 0 Å². The minimum absolute atomic E-state index is 0.00725. The third-order valence-electron chi connectivity index (χ3n) is 7.66. The highest BCUT2D eigenvalue weighted by Crippen LogP contribution is 2.46. The molecule has 0 atom stereocenters. The first-order valence-electron chi connectivity index (χ1n) is 13.2. The number of para-hydroxylation sites is 2. The summed E-state index contributed by atoms with van der Waals surface area (Å²) in [6, 6.07) is 31.2. The Morgan fingerprint density at radius 3 is 2.15 bits per heavy atom. The number of carbonyl (C=O) groups is 1. The summed E-state index contributed by atoms with van der Waals surface area (Å²) < 4.78 is 35.3. The summed E-state index contributed by atoms with van der Waals surface area (Å²) in [6.07, 6.45) is 0. The van der Waals surface area contributed by atoms with Gasteiger partial charge in [-0.2, -0.15) is 12.8 Å². The molecule has 1 aliphatic rings. The van der Waals surface area contributed by atoms with Crippen molar-refractivity contribution in [2.75, 3.05) is 0 Å². The van der Waals surface area contributed by atoms with Crippen molar-refractivity contribution in [1.29, 1.82) is 0 Å². The van der Waals surface area contributed by atoms with Crippen LogP contribution in [0.4, 0.5) is 0 Å². The summed E-state index contributed by atoms with van der Waals surface area (Å²) in [7, 11) is -4.24. The third kappa shape index (κ3) is 3.98. The molecule has 7 nitrogen and oxygen atoms in total. The van der Waals surface area contributed by atoms with E-state index < -0.39 is 15.8 Å². The van der Waals surface area contributed by atoms with Gasteiger partial charge < -0.3 is 14.2 Å². The van der Waals surface area contributed by atoms with Crippen molar-refractivity contribution in [1.82, 2.24) is 9.13 Å². The van der Waals surface area contributed by atoms with Crippen molar-refractivity contribution in [2.45, 2.75) is 24.9 Å². The van der Waals surface area contributed by atoms with Gasteiger partial charge in [0.1, 0.15) is 11.5 Å². The SMILES string of the molecule is Cc1ccc(S(=O)(=O)/N=C2\C(=O)Cn3c(c(O)c4ccccc43)-c3c2n(Cc2ccccc2)c2ccccc32)cc1. The number of hydrogen-bond donors (Lipinski definition) is 1. The van der Waals surface area contributed by atoms with Crippen molar-refractivity contribution in [3.05, 3.63) is 120 Å². The lowest BCUT2D eigenvalue weighted by molar-refractivity contribution is -0.113. The Bertz CT molecular complexity index is 2140. The first-order valence-corrected chi connectivity index (χ1v) is 14.7. The van der Waals surface area contributed by atoms with E-state index in [1.54, 1.807) is 16.7 Å². The Morgan fingerprint density at radius 2 is 1.41 bits per heavy atom. The molecule has 3 heterocycles. The molecule has 0 aliphatic carbocycles. The Morgan fingerprint density at radius 1 is 0.780 bits per heavy atom. The van der Waals surface area contributed by atoms with Crippen LogP contribution in [0.15, 0.2) is 112 Å². The molecule has 0 bridgehead atoms. The molecule has 2 aromatic heterocycles. The molecule has 4 aromatic carbocycles. The largest absolute Gasteiger partial charge is 0.505 e. The second-order valence-corrected chi connectivity index (χ2v) is 11.9. The van der Waals surface area contributed by atoms with E-state index in [9.17, 15) is 18.3 Å². The number of aromatic nitrogens is 2. The van der Waals surface area contributed by atoms with Gasteiger partial charge in [0.05, 0.1) is 28.3 Å². The van der Waals surface area contributed by atoms with Crippen molar-refractivity contribution in [2.24, 2.45) is 4.40 Å². The van der Waals surface area contributed by atoms with Crippen LogP contribution in [0.3, 0.4) is 0 Å². The minimum atomic E-state index is -4.24. The summed E-state index contributed by atoms with van der Waals surface area (Å²) in [4.78, 5) is 14.1. The topological polar surface area (TPSA) is 93.7 Å². The first kappa shape index (κ1) is 25.0. The zero-order valence-corrected chi connectivity index (χ0v) is 23.0. The van der Waals surface area contributed by atoms with Crippen LogP contribution in [0.5, 0.6) is 5.75 Å². The second-order valence-electron chi connectivity index (χ2n) is 10.3. The van der Waals surface area contributed by atoms with E-state index in [-0.39, 0.29) is 22.9 Å². The number of aromatic hydroxyl groups is 1. The molecule has 202 valence electrons. The van der Waals surface area contributed by atoms with E-state index in [1.165, 1.54) is 12.1 Å². The summed E-state index contributed by atoms with van der Waals surface area (Å²) in [5.41, 5.74) is 4.62. The standard InChI is InChI=1S/C33H25N3O4S/c1-21-15-17-23(18-16-21)41(39,40)34-30-28(37)20-36-27-14-8-6-12-25(27)33(38)32(36)29-24-11-5-7-13-26(24)35(31(29)30)19-22-9-3-2-4-10-22/h2-18,38H,19-20H2,1H3/b34-30+. The average Bonchev–Trinajstić information content (AvgIpc) is 3.39. The van der Waals surface area contributed by atoms with Crippen molar-refractivity contribution in [3.63, 3.8) is 0 Å². The van der Waals surface area contributed by atoms with Crippen LogP contribution in [-0.2, 0) is 27.9 Å². The molecular formula is C33H25N3O4S. The van der Waals surface area contributed by atoms with Gasteiger partial charge in [-0.15, -0.1) is 0 Å². The quantitative estimate of drug-likeness (QED) is 0.283. The second kappa shape index (κ2) is 9.31. The number of ketones is 1. The van der Waals surface area contributed by atoms with E-state index >= 15 is 0 Å².